The third-order valence-electron chi connectivity index (χ3n) is 3.84. The maximum absolute atomic E-state index is 12.8. The van der Waals surface area contributed by atoms with Crippen LogP contribution in [-0.2, 0) is 0 Å². The van der Waals surface area contributed by atoms with Crippen LogP contribution in [-0.4, -0.2) is 23.4 Å². The van der Waals surface area contributed by atoms with E-state index in [0.29, 0.717) is 6.04 Å². The van der Waals surface area contributed by atoms with Crippen LogP contribution in [0.5, 0.6) is 0 Å². The Labute approximate surface area is 138 Å². The summed E-state index contributed by atoms with van der Waals surface area (Å²) in [5.74, 6) is 0.161. The maximum Gasteiger partial charge on any atom is 0.254 e. The van der Waals surface area contributed by atoms with E-state index in [2.05, 4.69) is 41.6 Å². The number of hydrogen-bond donors (Lipinski definition) is 0. The fourth-order valence-corrected chi connectivity index (χ4v) is 2.88. The Bertz CT molecular complexity index is 433. The monoisotopic (exact) mass is 353 g/mol. The summed E-state index contributed by atoms with van der Waals surface area (Å²) in [6.45, 7) is 7.42. The van der Waals surface area contributed by atoms with Gasteiger partial charge in [-0.3, -0.25) is 4.79 Å². The second-order valence-electron chi connectivity index (χ2n) is 5.71. The van der Waals surface area contributed by atoms with Crippen LogP contribution < -0.4 is 0 Å². The molecule has 1 unspecified atom stereocenters. The summed E-state index contributed by atoms with van der Waals surface area (Å²) in [6, 6.07) is 8.02. The summed E-state index contributed by atoms with van der Waals surface area (Å²) >= 11 is 3.45. The van der Waals surface area contributed by atoms with Crippen molar-refractivity contribution >= 4 is 21.8 Å². The molecule has 0 aliphatic carbocycles. The van der Waals surface area contributed by atoms with E-state index in [1.165, 1.54) is 19.3 Å². The molecule has 1 aromatic carbocycles. The van der Waals surface area contributed by atoms with Gasteiger partial charge in [-0.05, 0) is 38.0 Å². The molecule has 0 radical (unpaired) electrons. The lowest BCUT2D eigenvalue weighted by Crippen LogP contribution is -2.39. The zero-order valence-electron chi connectivity index (χ0n) is 13.6. The number of rotatable bonds is 9. The number of amides is 1. The molecular weight excluding hydrogens is 326 g/mol. The van der Waals surface area contributed by atoms with E-state index in [9.17, 15) is 4.79 Å². The van der Waals surface area contributed by atoms with Crippen molar-refractivity contribution in [2.24, 2.45) is 0 Å². The van der Waals surface area contributed by atoms with Crippen LogP contribution in [0, 0.1) is 0 Å². The van der Waals surface area contributed by atoms with Crippen molar-refractivity contribution in [1.82, 2.24) is 4.90 Å². The number of benzene rings is 1. The fraction of sp³-hybridized carbons (Fsp3) is 0.611. The zero-order chi connectivity index (χ0) is 15.7. The first kappa shape index (κ1) is 18.2. The highest BCUT2D eigenvalue weighted by molar-refractivity contribution is 9.10. The molecule has 1 atom stereocenters. The second-order valence-corrected chi connectivity index (χ2v) is 6.62. The molecular formula is C18H28BrNO. The van der Waals surface area contributed by atoms with Gasteiger partial charge in [-0.2, -0.15) is 0 Å². The number of carbonyl (C=O) groups is 1. The summed E-state index contributed by atoms with van der Waals surface area (Å²) in [7, 11) is 0. The van der Waals surface area contributed by atoms with Crippen LogP contribution in [0.15, 0.2) is 28.7 Å². The van der Waals surface area contributed by atoms with Gasteiger partial charge in [0, 0.05) is 22.6 Å². The number of halogens is 1. The molecule has 0 heterocycles. The van der Waals surface area contributed by atoms with E-state index in [1.54, 1.807) is 0 Å². The minimum Gasteiger partial charge on any atom is -0.336 e. The number of hydrogen-bond acceptors (Lipinski definition) is 1. The maximum atomic E-state index is 12.8. The molecule has 0 spiro atoms. The first-order chi connectivity index (χ1) is 10.1. The molecule has 0 aromatic heterocycles. The molecule has 0 saturated carbocycles. The van der Waals surface area contributed by atoms with Gasteiger partial charge in [0.1, 0.15) is 0 Å². The van der Waals surface area contributed by atoms with Crippen molar-refractivity contribution in [2.45, 2.75) is 65.3 Å². The minimum absolute atomic E-state index is 0.161. The molecule has 2 nitrogen and oxygen atoms in total. The van der Waals surface area contributed by atoms with Gasteiger partial charge in [0.2, 0.25) is 0 Å². The number of nitrogens with zero attached hydrogens (tertiary/aromatic N) is 1. The Morgan fingerprint density at radius 1 is 1.19 bits per heavy atom. The van der Waals surface area contributed by atoms with Gasteiger partial charge in [0.15, 0.2) is 0 Å². The van der Waals surface area contributed by atoms with Crippen LogP contribution in [0.2, 0.25) is 0 Å². The van der Waals surface area contributed by atoms with Gasteiger partial charge in [0.05, 0.1) is 0 Å². The Morgan fingerprint density at radius 3 is 2.52 bits per heavy atom. The molecule has 118 valence electrons. The third-order valence-corrected chi connectivity index (χ3v) is 4.34. The summed E-state index contributed by atoms with van der Waals surface area (Å²) in [5.41, 5.74) is 0.780. The summed E-state index contributed by atoms with van der Waals surface area (Å²) in [5, 5.41) is 0. The largest absolute Gasteiger partial charge is 0.336 e. The molecule has 0 saturated heterocycles. The van der Waals surface area contributed by atoms with Crippen molar-refractivity contribution in [3.05, 3.63) is 34.3 Å². The average Bonchev–Trinajstić information content (AvgIpc) is 2.47. The molecule has 1 aromatic rings. The summed E-state index contributed by atoms with van der Waals surface area (Å²) in [6.07, 6.45) is 6.95. The predicted molar refractivity (Wildman–Crippen MR) is 93.7 cm³/mol. The van der Waals surface area contributed by atoms with Crippen LogP contribution in [0.25, 0.3) is 0 Å². The van der Waals surface area contributed by atoms with Crippen LogP contribution in [0.3, 0.4) is 0 Å². The third kappa shape index (κ3) is 6.21. The molecule has 0 bridgehead atoms. The zero-order valence-corrected chi connectivity index (χ0v) is 15.2. The van der Waals surface area contributed by atoms with Crippen molar-refractivity contribution in [3.63, 3.8) is 0 Å². The SMILES string of the molecule is CCCCCC(C)N(CCCC)C(=O)c1cccc(Br)c1. The fourth-order valence-electron chi connectivity index (χ4n) is 2.48. The Kier molecular flexibility index (Phi) is 8.67. The van der Waals surface area contributed by atoms with Crippen molar-refractivity contribution < 1.29 is 4.79 Å². The summed E-state index contributed by atoms with van der Waals surface area (Å²) in [4.78, 5) is 14.8. The lowest BCUT2D eigenvalue weighted by Gasteiger charge is -2.29. The van der Waals surface area contributed by atoms with E-state index in [4.69, 9.17) is 0 Å². The molecule has 1 amide bonds. The van der Waals surface area contributed by atoms with Crippen LogP contribution in [0.1, 0.15) is 69.7 Å². The molecule has 21 heavy (non-hydrogen) atoms. The standard InChI is InChI=1S/C18H28BrNO/c1-4-6-8-10-15(3)20(13-7-5-2)18(21)16-11-9-12-17(19)14-16/h9,11-12,14-15H,4-8,10,13H2,1-3H3. The van der Waals surface area contributed by atoms with Crippen LogP contribution >= 0.6 is 15.9 Å². The Morgan fingerprint density at radius 2 is 1.90 bits per heavy atom. The smallest absolute Gasteiger partial charge is 0.254 e. The molecule has 0 fully saturated rings. The Hall–Kier alpha value is -0.830. The highest BCUT2D eigenvalue weighted by Gasteiger charge is 2.20. The average molecular weight is 354 g/mol. The van der Waals surface area contributed by atoms with Crippen molar-refractivity contribution in [3.8, 4) is 0 Å². The number of carbonyl (C=O) groups excluding carboxylic acids is 1. The van der Waals surface area contributed by atoms with Crippen LogP contribution in [0.4, 0.5) is 0 Å². The number of unbranched alkanes of at least 4 members (excludes halogenated alkanes) is 3. The molecule has 3 heteroatoms. The van der Waals surface area contributed by atoms with Gasteiger partial charge in [-0.1, -0.05) is 61.5 Å². The summed E-state index contributed by atoms with van der Waals surface area (Å²) < 4.78 is 0.961. The lowest BCUT2D eigenvalue weighted by molar-refractivity contribution is 0.0679. The molecule has 1 rings (SSSR count). The predicted octanol–water partition coefficient (Wildman–Crippen LogP) is 5.66. The quantitative estimate of drug-likeness (QED) is 0.524. The van der Waals surface area contributed by atoms with Gasteiger partial charge in [0.25, 0.3) is 5.91 Å². The van der Waals surface area contributed by atoms with E-state index in [1.807, 2.05) is 24.3 Å². The van der Waals surface area contributed by atoms with Gasteiger partial charge in [-0.15, -0.1) is 0 Å². The molecule has 0 aliphatic rings. The highest BCUT2D eigenvalue weighted by atomic mass is 79.9. The van der Waals surface area contributed by atoms with Crippen molar-refractivity contribution in [1.29, 1.82) is 0 Å². The van der Waals surface area contributed by atoms with Gasteiger partial charge in [-0.25, -0.2) is 0 Å². The van der Waals surface area contributed by atoms with Crippen molar-refractivity contribution in [2.75, 3.05) is 6.54 Å². The minimum atomic E-state index is 0.161. The first-order valence-corrected chi connectivity index (χ1v) is 8.96. The second kappa shape index (κ2) is 9.99. The first-order valence-electron chi connectivity index (χ1n) is 8.16. The van der Waals surface area contributed by atoms with Gasteiger partial charge >= 0.3 is 0 Å². The normalized spacial score (nSPS) is 12.2. The van der Waals surface area contributed by atoms with E-state index in [0.717, 1.165) is 35.8 Å². The Balaban J connectivity index is 2.77. The van der Waals surface area contributed by atoms with E-state index < -0.39 is 0 Å². The molecule has 0 aliphatic heterocycles. The van der Waals surface area contributed by atoms with E-state index >= 15 is 0 Å². The topological polar surface area (TPSA) is 20.3 Å². The highest BCUT2D eigenvalue weighted by Crippen LogP contribution is 2.18. The van der Waals surface area contributed by atoms with E-state index in [-0.39, 0.29) is 5.91 Å². The lowest BCUT2D eigenvalue weighted by atomic mass is 10.1. The molecule has 0 N–H and O–H groups in total. The van der Waals surface area contributed by atoms with Gasteiger partial charge < -0.3 is 4.90 Å².